The summed E-state index contributed by atoms with van der Waals surface area (Å²) in [5, 5.41) is 9.02. The van der Waals surface area contributed by atoms with Crippen LogP contribution in [0.25, 0.3) is 0 Å². The van der Waals surface area contributed by atoms with Crippen LogP contribution in [0.2, 0.25) is 5.02 Å². The number of hydrogen-bond donors (Lipinski definition) is 4. The Bertz CT molecular complexity index is 1330. The van der Waals surface area contributed by atoms with E-state index in [0.717, 1.165) is 30.1 Å². The second kappa shape index (κ2) is 12.3. The van der Waals surface area contributed by atoms with Gasteiger partial charge in [-0.2, -0.15) is 0 Å². The molecular formula is C27H27ClFN5O3S. The fraction of sp³-hybridized carbons (Fsp3) is 0.222. The number of carbonyl (C=O) groups is 3. The van der Waals surface area contributed by atoms with Crippen LogP contribution in [0.5, 0.6) is 0 Å². The standard InChI is InChI=1S/C27H27ClFN5O3S/c1-17(35)33(25-8-4-5-15-30-25)24-14-11-19(16-22(24)28)32-27(37)34(38)20-12-9-18(10-13-20)31-26(36)21-6-2-3-7-23(21)29/h2-3,6-7,9-14,16,25,30,38H,4-5,8,15H2,1H3,(H,31,36)(H,32,37). The van der Waals surface area contributed by atoms with Crippen LogP contribution in [0.1, 0.15) is 36.5 Å². The number of nitrogens with zero attached hydrogens (tertiary/aromatic N) is 2. The Morgan fingerprint density at radius 1 is 1.00 bits per heavy atom. The third kappa shape index (κ3) is 6.45. The summed E-state index contributed by atoms with van der Waals surface area (Å²) in [7, 11) is 0. The highest BCUT2D eigenvalue weighted by molar-refractivity contribution is 7.82. The number of benzene rings is 3. The van der Waals surface area contributed by atoms with E-state index in [1.807, 2.05) is 0 Å². The number of anilines is 4. The quantitative estimate of drug-likeness (QED) is 0.278. The van der Waals surface area contributed by atoms with Crippen LogP contribution in [-0.2, 0) is 4.79 Å². The SMILES string of the molecule is CC(=O)N(c1ccc(NC(=O)N(S)c2ccc(NC(=O)c3ccccc3F)cc2)cc1Cl)C1CCCCN1. The van der Waals surface area contributed by atoms with Crippen molar-refractivity contribution in [2.45, 2.75) is 32.4 Å². The number of amides is 4. The highest BCUT2D eigenvalue weighted by atomic mass is 35.5. The Kier molecular flexibility index (Phi) is 8.88. The number of hydrogen-bond acceptors (Lipinski definition) is 5. The molecule has 3 aromatic rings. The van der Waals surface area contributed by atoms with Gasteiger partial charge >= 0.3 is 6.03 Å². The lowest BCUT2D eigenvalue weighted by atomic mass is 10.1. The summed E-state index contributed by atoms with van der Waals surface area (Å²) >= 11 is 10.8. The van der Waals surface area contributed by atoms with E-state index in [1.165, 1.54) is 25.1 Å². The van der Waals surface area contributed by atoms with E-state index in [0.29, 0.717) is 27.8 Å². The molecule has 0 aliphatic carbocycles. The maximum Gasteiger partial charge on any atom is 0.336 e. The van der Waals surface area contributed by atoms with Crippen molar-refractivity contribution in [3.8, 4) is 0 Å². The Balaban J connectivity index is 1.40. The smallest absolute Gasteiger partial charge is 0.322 e. The van der Waals surface area contributed by atoms with Gasteiger partial charge in [-0.3, -0.25) is 19.8 Å². The van der Waals surface area contributed by atoms with Crippen molar-refractivity contribution in [1.82, 2.24) is 5.32 Å². The second-order valence-corrected chi connectivity index (χ2v) is 9.55. The Morgan fingerprint density at radius 2 is 1.71 bits per heavy atom. The third-order valence-corrected chi connectivity index (χ3v) is 6.79. The van der Waals surface area contributed by atoms with Crippen molar-refractivity contribution in [3.05, 3.63) is 83.1 Å². The fourth-order valence-corrected chi connectivity index (χ4v) is 4.67. The molecule has 11 heteroatoms. The number of urea groups is 1. The van der Waals surface area contributed by atoms with Gasteiger partial charge in [-0.1, -0.05) is 36.5 Å². The molecular weight excluding hydrogens is 529 g/mol. The van der Waals surface area contributed by atoms with Crippen molar-refractivity contribution < 1.29 is 18.8 Å². The van der Waals surface area contributed by atoms with E-state index >= 15 is 0 Å². The molecule has 3 N–H and O–H groups in total. The number of rotatable bonds is 6. The fourth-order valence-electron chi connectivity index (χ4n) is 4.21. The molecule has 1 heterocycles. The average molecular weight is 556 g/mol. The van der Waals surface area contributed by atoms with Crippen molar-refractivity contribution in [1.29, 1.82) is 0 Å². The predicted molar refractivity (Wildman–Crippen MR) is 152 cm³/mol. The Morgan fingerprint density at radius 3 is 2.34 bits per heavy atom. The van der Waals surface area contributed by atoms with Gasteiger partial charge < -0.3 is 10.6 Å². The third-order valence-electron chi connectivity index (χ3n) is 6.07. The molecule has 0 radical (unpaired) electrons. The first-order valence-electron chi connectivity index (χ1n) is 12.0. The lowest BCUT2D eigenvalue weighted by Gasteiger charge is -2.35. The molecule has 0 bridgehead atoms. The zero-order valence-corrected chi connectivity index (χ0v) is 22.2. The molecule has 38 heavy (non-hydrogen) atoms. The molecule has 8 nitrogen and oxygen atoms in total. The number of thiol groups is 1. The zero-order valence-electron chi connectivity index (χ0n) is 20.6. The summed E-state index contributed by atoms with van der Waals surface area (Å²) in [4.78, 5) is 39.1. The molecule has 1 saturated heterocycles. The van der Waals surface area contributed by atoms with E-state index in [-0.39, 0.29) is 17.6 Å². The van der Waals surface area contributed by atoms with Gasteiger partial charge in [-0.05, 0) is 80.4 Å². The molecule has 1 unspecified atom stereocenters. The summed E-state index contributed by atoms with van der Waals surface area (Å²) in [6.45, 7) is 2.33. The van der Waals surface area contributed by atoms with Gasteiger partial charge in [0.25, 0.3) is 5.91 Å². The molecule has 4 amide bonds. The van der Waals surface area contributed by atoms with Gasteiger partial charge in [0.2, 0.25) is 5.91 Å². The minimum Gasteiger partial charge on any atom is -0.322 e. The summed E-state index contributed by atoms with van der Waals surface area (Å²) in [5.41, 5.74) is 1.78. The molecule has 4 rings (SSSR count). The van der Waals surface area contributed by atoms with E-state index in [2.05, 4.69) is 28.8 Å². The van der Waals surface area contributed by atoms with E-state index < -0.39 is 17.8 Å². The van der Waals surface area contributed by atoms with Crippen molar-refractivity contribution >= 4 is 65.0 Å². The van der Waals surface area contributed by atoms with Gasteiger partial charge in [0.05, 0.1) is 28.1 Å². The highest BCUT2D eigenvalue weighted by Gasteiger charge is 2.26. The van der Waals surface area contributed by atoms with Crippen LogP contribution < -0.4 is 25.2 Å². The van der Waals surface area contributed by atoms with Crippen LogP contribution in [0.15, 0.2) is 66.7 Å². The Hall–Kier alpha value is -3.60. The number of carbonyl (C=O) groups excluding carboxylic acids is 3. The van der Waals surface area contributed by atoms with Crippen LogP contribution in [-0.4, -0.2) is 30.6 Å². The zero-order chi connectivity index (χ0) is 27.2. The number of nitrogens with one attached hydrogen (secondary N) is 3. The lowest BCUT2D eigenvalue weighted by molar-refractivity contribution is -0.117. The molecule has 1 atom stereocenters. The normalized spacial score (nSPS) is 14.9. The van der Waals surface area contributed by atoms with E-state index in [9.17, 15) is 18.8 Å². The summed E-state index contributed by atoms with van der Waals surface area (Å²) in [6.07, 6.45) is 2.77. The molecule has 0 saturated carbocycles. The van der Waals surface area contributed by atoms with Gasteiger partial charge in [-0.15, -0.1) is 0 Å². The van der Waals surface area contributed by atoms with Crippen molar-refractivity contribution in [2.24, 2.45) is 0 Å². The average Bonchev–Trinajstić information content (AvgIpc) is 2.90. The Labute approximate surface area is 230 Å². The van der Waals surface area contributed by atoms with E-state index in [1.54, 1.807) is 53.4 Å². The summed E-state index contributed by atoms with van der Waals surface area (Å²) in [6, 6.07) is 16.4. The van der Waals surface area contributed by atoms with Crippen molar-refractivity contribution in [3.63, 3.8) is 0 Å². The second-order valence-electron chi connectivity index (χ2n) is 8.74. The first-order chi connectivity index (χ1) is 18.2. The molecule has 3 aromatic carbocycles. The monoisotopic (exact) mass is 555 g/mol. The maximum atomic E-state index is 13.8. The molecule has 0 spiro atoms. The van der Waals surface area contributed by atoms with Gasteiger partial charge in [0.15, 0.2) is 0 Å². The van der Waals surface area contributed by atoms with Crippen LogP contribution in [0.3, 0.4) is 0 Å². The first-order valence-corrected chi connectivity index (χ1v) is 12.8. The molecule has 1 fully saturated rings. The lowest BCUT2D eigenvalue weighted by Crippen LogP contribution is -2.50. The highest BCUT2D eigenvalue weighted by Crippen LogP contribution is 2.32. The first kappa shape index (κ1) is 27.4. The topological polar surface area (TPSA) is 93.8 Å². The predicted octanol–water partition coefficient (Wildman–Crippen LogP) is 6.07. The van der Waals surface area contributed by atoms with Crippen LogP contribution in [0.4, 0.5) is 31.9 Å². The van der Waals surface area contributed by atoms with Gasteiger partial charge in [-0.25, -0.2) is 13.5 Å². The minimum atomic E-state index is -0.618. The van der Waals surface area contributed by atoms with E-state index in [4.69, 9.17) is 11.6 Å². The van der Waals surface area contributed by atoms with Crippen molar-refractivity contribution in [2.75, 3.05) is 26.4 Å². The largest absolute Gasteiger partial charge is 0.336 e. The molecule has 0 aromatic heterocycles. The van der Waals surface area contributed by atoms with Crippen LogP contribution in [0, 0.1) is 5.82 Å². The number of halogens is 2. The van der Waals surface area contributed by atoms with Gasteiger partial charge in [0.1, 0.15) is 5.82 Å². The van der Waals surface area contributed by atoms with Crippen LogP contribution >= 0.6 is 24.4 Å². The number of piperidine rings is 1. The summed E-state index contributed by atoms with van der Waals surface area (Å²) < 4.78 is 14.9. The molecule has 1 aliphatic heterocycles. The van der Waals surface area contributed by atoms with Gasteiger partial charge in [0, 0.05) is 18.3 Å². The summed E-state index contributed by atoms with van der Waals surface area (Å²) in [5.74, 6) is -1.33. The molecule has 198 valence electrons. The minimum absolute atomic E-state index is 0.0714. The molecule has 1 aliphatic rings. The maximum absolute atomic E-state index is 13.8.